The van der Waals surface area contributed by atoms with Crippen LogP contribution >= 0.6 is 15.9 Å². The quantitative estimate of drug-likeness (QED) is 0.788. The second kappa shape index (κ2) is 4.10. The van der Waals surface area contributed by atoms with Crippen LogP contribution in [0.1, 0.15) is 11.4 Å². The summed E-state index contributed by atoms with van der Waals surface area (Å²) in [6.07, 6.45) is 0. The molecule has 0 saturated heterocycles. The molecule has 1 aromatic heterocycles. The maximum absolute atomic E-state index is 13.7. The van der Waals surface area contributed by atoms with Gasteiger partial charge < -0.3 is 4.52 Å². The molecule has 0 radical (unpaired) electrons. The van der Waals surface area contributed by atoms with Crippen molar-refractivity contribution in [2.45, 2.75) is 12.3 Å². The van der Waals surface area contributed by atoms with E-state index in [9.17, 15) is 4.39 Å². The van der Waals surface area contributed by atoms with Crippen molar-refractivity contribution in [1.29, 1.82) is 0 Å². The number of nitrogens with zero attached hydrogens (tertiary/aromatic N) is 2. The molecule has 2 aromatic rings. The zero-order valence-electron chi connectivity index (χ0n) is 8.00. The molecule has 0 N–H and O–H groups in total. The highest BCUT2D eigenvalue weighted by Crippen LogP contribution is 2.23. The number of aromatic nitrogens is 2. The Morgan fingerprint density at radius 2 is 2.27 bits per heavy atom. The SMILES string of the molecule is Cc1cccc(-c2nc(CBr)no2)c1F. The van der Waals surface area contributed by atoms with E-state index in [1.54, 1.807) is 25.1 Å². The lowest BCUT2D eigenvalue weighted by atomic mass is 10.1. The van der Waals surface area contributed by atoms with E-state index < -0.39 is 0 Å². The van der Waals surface area contributed by atoms with Crippen LogP contribution in [0.25, 0.3) is 11.5 Å². The number of rotatable bonds is 2. The summed E-state index contributed by atoms with van der Waals surface area (Å²) < 4.78 is 18.6. The minimum absolute atomic E-state index is 0.214. The first kappa shape index (κ1) is 10.3. The van der Waals surface area contributed by atoms with Gasteiger partial charge in [-0.05, 0) is 18.6 Å². The van der Waals surface area contributed by atoms with Crippen LogP contribution in [0.4, 0.5) is 4.39 Å². The molecule has 15 heavy (non-hydrogen) atoms. The zero-order chi connectivity index (χ0) is 10.8. The van der Waals surface area contributed by atoms with Gasteiger partial charge in [-0.1, -0.05) is 33.2 Å². The van der Waals surface area contributed by atoms with E-state index in [2.05, 4.69) is 26.1 Å². The Labute approximate surface area is 94.4 Å². The summed E-state index contributed by atoms with van der Waals surface area (Å²) in [4.78, 5) is 4.04. The highest BCUT2D eigenvalue weighted by Gasteiger charge is 2.13. The Bertz CT molecular complexity index is 484. The van der Waals surface area contributed by atoms with E-state index in [-0.39, 0.29) is 11.7 Å². The average molecular weight is 271 g/mol. The normalized spacial score (nSPS) is 10.6. The van der Waals surface area contributed by atoms with E-state index in [0.717, 1.165) is 0 Å². The van der Waals surface area contributed by atoms with Crippen molar-refractivity contribution in [3.05, 3.63) is 35.4 Å². The van der Waals surface area contributed by atoms with Gasteiger partial charge in [0.15, 0.2) is 5.82 Å². The Hall–Kier alpha value is -1.23. The van der Waals surface area contributed by atoms with Gasteiger partial charge in [0.1, 0.15) is 5.82 Å². The second-order valence-electron chi connectivity index (χ2n) is 3.09. The molecular formula is C10H8BrFN2O. The van der Waals surface area contributed by atoms with E-state index in [1.165, 1.54) is 0 Å². The zero-order valence-corrected chi connectivity index (χ0v) is 9.58. The molecule has 0 saturated carbocycles. The number of hydrogen-bond donors (Lipinski definition) is 0. The van der Waals surface area contributed by atoms with Crippen molar-refractivity contribution in [1.82, 2.24) is 10.1 Å². The fourth-order valence-electron chi connectivity index (χ4n) is 1.23. The standard InChI is InChI=1S/C10H8BrFN2O/c1-6-3-2-4-7(9(6)12)10-13-8(5-11)14-15-10/h2-4H,5H2,1H3. The van der Waals surface area contributed by atoms with Crippen LogP contribution in [0.15, 0.2) is 22.7 Å². The first-order chi connectivity index (χ1) is 7.22. The number of hydrogen-bond acceptors (Lipinski definition) is 3. The van der Waals surface area contributed by atoms with Gasteiger partial charge in [0.2, 0.25) is 0 Å². The molecule has 0 amide bonds. The summed E-state index contributed by atoms with van der Waals surface area (Å²) in [6, 6.07) is 5.07. The number of halogens is 2. The third-order valence-corrected chi connectivity index (χ3v) is 2.51. The minimum Gasteiger partial charge on any atom is -0.334 e. The third-order valence-electron chi connectivity index (χ3n) is 2.01. The lowest BCUT2D eigenvalue weighted by molar-refractivity contribution is 0.422. The Balaban J connectivity index is 2.49. The van der Waals surface area contributed by atoms with Gasteiger partial charge in [-0.3, -0.25) is 0 Å². The van der Waals surface area contributed by atoms with E-state index in [4.69, 9.17) is 4.52 Å². The van der Waals surface area contributed by atoms with Crippen LogP contribution in [-0.2, 0) is 5.33 Å². The topological polar surface area (TPSA) is 38.9 Å². The van der Waals surface area contributed by atoms with Gasteiger partial charge in [0.25, 0.3) is 5.89 Å². The van der Waals surface area contributed by atoms with Crippen molar-refractivity contribution >= 4 is 15.9 Å². The fraction of sp³-hybridized carbons (Fsp3) is 0.200. The molecule has 1 aromatic carbocycles. The Morgan fingerprint density at radius 3 is 2.93 bits per heavy atom. The number of benzene rings is 1. The highest BCUT2D eigenvalue weighted by molar-refractivity contribution is 9.08. The highest BCUT2D eigenvalue weighted by atomic mass is 79.9. The summed E-state index contributed by atoms with van der Waals surface area (Å²) in [5.41, 5.74) is 0.904. The van der Waals surface area contributed by atoms with Gasteiger partial charge >= 0.3 is 0 Å². The van der Waals surface area contributed by atoms with Gasteiger partial charge in [0, 0.05) is 0 Å². The third kappa shape index (κ3) is 1.92. The van der Waals surface area contributed by atoms with Crippen LogP contribution in [0.5, 0.6) is 0 Å². The molecule has 0 unspecified atom stereocenters. The molecule has 5 heteroatoms. The molecular weight excluding hydrogens is 263 g/mol. The van der Waals surface area contributed by atoms with Crippen molar-refractivity contribution in [3.8, 4) is 11.5 Å². The summed E-state index contributed by atoms with van der Waals surface area (Å²) in [6.45, 7) is 1.70. The summed E-state index contributed by atoms with van der Waals surface area (Å²) in [5, 5.41) is 4.17. The van der Waals surface area contributed by atoms with E-state index in [1.807, 2.05) is 0 Å². The molecule has 2 rings (SSSR count). The molecule has 3 nitrogen and oxygen atoms in total. The monoisotopic (exact) mass is 270 g/mol. The fourth-order valence-corrected chi connectivity index (χ4v) is 1.46. The molecule has 0 aliphatic heterocycles. The molecule has 1 heterocycles. The van der Waals surface area contributed by atoms with Crippen LogP contribution in [0.2, 0.25) is 0 Å². The predicted molar refractivity (Wildman–Crippen MR) is 57.1 cm³/mol. The number of alkyl halides is 1. The van der Waals surface area contributed by atoms with E-state index >= 15 is 0 Å². The molecule has 0 spiro atoms. The minimum atomic E-state index is -0.317. The van der Waals surface area contributed by atoms with Crippen molar-refractivity contribution in [2.24, 2.45) is 0 Å². The summed E-state index contributed by atoms with van der Waals surface area (Å²) >= 11 is 3.20. The van der Waals surface area contributed by atoms with Crippen LogP contribution in [-0.4, -0.2) is 10.1 Å². The second-order valence-corrected chi connectivity index (χ2v) is 3.65. The molecule has 0 bridgehead atoms. The molecule has 78 valence electrons. The van der Waals surface area contributed by atoms with E-state index in [0.29, 0.717) is 22.3 Å². The maximum Gasteiger partial charge on any atom is 0.260 e. The van der Waals surface area contributed by atoms with Gasteiger partial charge in [0.05, 0.1) is 10.9 Å². The van der Waals surface area contributed by atoms with Gasteiger partial charge in [-0.2, -0.15) is 4.98 Å². The summed E-state index contributed by atoms with van der Waals surface area (Å²) in [7, 11) is 0. The first-order valence-corrected chi connectivity index (χ1v) is 5.48. The smallest absolute Gasteiger partial charge is 0.260 e. The summed E-state index contributed by atoms with van der Waals surface area (Å²) in [5.74, 6) is 0.402. The number of aryl methyl sites for hydroxylation is 1. The molecule has 0 fully saturated rings. The lowest BCUT2D eigenvalue weighted by Crippen LogP contribution is -1.88. The van der Waals surface area contributed by atoms with Crippen LogP contribution in [0, 0.1) is 12.7 Å². The molecule has 0 aliphatic rings. The average Bonchev–Trinajstić information content (AvgIpc) is 2.70. The maximum atomic E-state index is 13.7. The lowest BCUT2D eigenvalue weighted by Gasteiger charge is -1.99. The first-order valence-electron chi connectivity index (χ1n) is 4.36. The van der Waals surface area contributed by atoms with Crippen LogP contribution < -0.4 is 0 Å². The van der Waals surface area contributed by atoms with Crippen molar-refractivity contribution in [3.63, 3.8) is 0 Å². The van der Waals surface area contributed by atoms with Crippen LogP contribution in [0.3, 0.4) is 0 Å². The van der Waals surface area contributed by atoms with Gasteiger partial charge in [-0.25, -0.2) is 4.39 Å². The van der Waals surface area contributed by atoms with Gasteiger partial charge in [-0.15, -0.1) is 0 Å². The molecule has 0 atom stereocenters. The molecule has 0 aliphatic carbocycles. The Morgan fingerprint density at radius 1 is 1.47 bits per heavy atom. The predicted octanol–water partition coefficient (Wildman–Crippen LogP) is 3.08. The van der Waals surface area contributed by atoms with Crippen molar-refractivity contribution in [2.75, 3.05) is 0 Å². The largest absolute Gasteiger partial charge is 0.334 e. The Kier molecular flexibility index (Phi) is 2.81. The van der Waals surface area contributed by atoms with Crippen molar-refractivity contribution < 1.29 is 8.91 Å².